The van der Waals surface area contributed by atoms with E-state index in [2.05, 4.69) is 6.92 Å². The van der Waals surface area contributed by atoms with E-state index in [0.717, 1.165) is 18.4 Å². The van der Waals surface area contributed by atoms with E-state index in [4.69, 9.17) is 9.47 Å². The van der Waals surface area contributed by atoms with Crippen LogP contribution in [-0.2, 0) is 25.6 Å². The van der Waals surface area contributed by atoms with Crippen LogP contribution in [0.1, 0.15) is 116 Å². The number of ether oxygens (including phenoxy) is 2. The molecule has 0 radical (unpaired) electrons. The number of carbonyl (C=O) groups is 2. The van der Waals surface area contributed by atoms with Crippen molar-refractivity contribution in [3.05, 3.63) is 41.7 Å². The molecule has 198 valence electrons. The van der Waals surface area contributed by atoms with Gasteiger partial charge in [-0.05, 0) is 12.8 Å². The lowest BCUT2D eigenvalue weighted by Crippen LogP contribution is -2.35. The molecule has 0 amide bonds. The fraction of sp³-hybridized carbons (Fsp3) is 0.700. The Morgan fingerprint density at radius 1 is 0.600 bits per heavy atom. The van der Waals surface area contributed by atoms with E-state index in [0.29, 0.717) is 13.0 Å². The van der Waals surface area contributed by atoms with Gasteiger partial charge in [0, 0.05) is 17.7 Å². The van der Waals surface area contributed by atoms with Crippen molar-refractivity contribution in [3.63, 3.8) is 0 Å². The summed E-state index contributed by atoms with van der Waals surface area (Å²) in [5.41, 5.74) is 0.803. The van der Waals surface area contributed by atoms with Gasteiger partial charge in [0.15, 0.2) is 18.9 Å². The second kappa shape index (κ2) is 21.1. The van der Waals surface area contributed by atoms with Crippen LogP contribution in [0.5, 0.6) is 0 Å². The number of nitrogens with zero attached hydrogens (tertiary/aromatic N) is 1. The topological polar surface area (TPSA) is 56.5 Å². The highest BCUT2D eigenvalue weighted by atomic mass is 16.5. The first-order chi connectivity index (χ1) is 17.1. The Hall–Kier alpha value is -2.17. The molecule has 1 rings (SSSR count). The molecule has 0 aliphatic heterocycles. The number of hydrogen-bond acceptors (Lipinski definition) is 4. The van der Waals surface area contributed by atoms with Crippen LogP contribution in [0.4, 0.5) is 0 Å². The number of carbonyl (C=O) groups excluding carboxylic acids is 2. The van der Waals surface area contributed by atoms with Crippen molar-refractivity contribution in [2.45, 2.75) is 123 Å². The smallest absolute Gasteiger partial charge is 0.345 e. The van der Waals surface area contributed by atoms with Crippen LogP contribution in [-0.4, -0.2) is 26.2 Å². The number of pyridine rings is 1. The Bertz CT molecular complexity index is 696. The molecule has 1 heterocycles. The zero-order valence-electron chi connectivity index (χ0n) is 22.7. The van der Waals surface area contributed by atoms with Gasteiger partial charge in [-0.1, -0.05) is 109 Å². The van der Waals surface area contributed by atoms with E-state index in [-0.39, 0.29) is 5.57 Å². The van der Waals surface area contributed by atoms with E-state index in [1.54, 1.807) is 0 Å². The average molecular weight is 489 g/mol. The fourth-order valence-corrected chi connectivity index (χ4v) is 4.51. The molecule has 0 saturated heterocycles. The lowest BCUT2D eigenvalue weighted by molar-refractivity contribution is -0.689. The molecule has 5 nitrogen and oxygen atoms in total. The lowest BCUT2D eigenvalue weighted by atomic mass is 9.99. The molecule has 0 aliphatic carbocycles. The van der Waals surface area contributed by atoms with Gasteiger partial charge >= 0.3 is 11.9 Å². The number of esters is 2. The van der Waals surface area contributed by atoms with E-state index >= 15 is 0 Å². The standard InChI is InChI=1S/C30H50NO4/c1-4-5-6-7-8-9-10-11-12-13-14-15-16-17-18-20-23-27(26-31-24-21-19-22-25-31)28(29(32)34-2)30(33)35-3/h19,21-22,24-25H,4-18,20,23,26H2,1-3H3/q+1. The monoisotopic (exact) mass is 488 g/mol. The molecule has 1 aromatic rings. The first-order valence-corrected chi connectivity index (χ1v) is 14.0. The second-order valence-electron chi connectivity index (χ2n) is 9.56. The minimum atomic E-state index is -0.625. The molecule has 0 aliphatic rings. The molecule has 35 heavy (non-hydrogen) atoms. The van der Waals surface area contributed by atoms with Crippen LogP contribution in [0.15, 0.2) is 41.7 Å². The molecule has 0 N–H and O–H groups in total. The lowest BCUT2D eigenvalue weighted by Gasteiger charge is -2.11. The molecular weight excluding hydrogens is 438 g/mol. The third-order valence-corrected chi connectivity index (χ3v) is 6.62. The molecular formula is C30H50NO4+. The van der Waals surface area contributed by atoms with Crippen molar-refractivity contribution in [2.24, 2.45) is 0 Å². The molecule has 0 fully saturated rings. The summed E-state index contributed by atoms with van der Waals surface area (Å²) in [7, 11) is 2.60. The number of rotatable bonds is 21. The molecule has 5 heteroatoms. The van der Waals surface area contributed by atoms with E-state index < -0.39 is 11.9 Å². The zero-order chi connectivity index (χ0) is 25.6. The van der Waals surface area contributed by atoms with Crippen molar-refractivity contribution >= 4 is 11.9 Å². The van der Waals surface area contributed by atoms with Crippen LogP contribution in [0.3, 0.4) is 0 Å². The maximum atomic E-state index is 12.3. The first-order valence-electron chi connectivity index (χ1n) is 14.0. The molecule has 0 aromatic carbocycles. The minimum absolute atomic E-state index is 0.0345. The predicted octanol–water partition coefficient (Wildman–Crippen LogP) is 7.27. The Morgan fingerprint density at radius 3 is 1.40 bits per heavy atom. The third-order valence-electron chi connectivity index (χ3n) is 6.62. The summed E-state index contributed by atoms with van der Waals surface area (Å²) in [6.45, 7) is 2.74. The van der Waals surface area contributed by atoms with Crippen molar-refractivity contribution in [1.29, 1.82) is 0 Å². The fourth-order valence-electron chi connectivity index (χ4n) is 4.51. The van der Waals surface area contributed by atoms with Crippen LogP contribution in [0.2, 0.25) is 0 Å². The van der Waals surface area contributed by atoms with Crippen molar-refractivity contribution < 1.29 is 23.6 Å². The van der Waals surface area contributed by atoms with Crippen LogP contribution >= 0.6 is 0 Å². The van der Waals surface area contributed by atoms with Crippen molar-refractivity contribution in [1.82, 2.24) is 0 Å². The summed E-state index contributed by atoms with van der Waals surface area (Å²) in [5, 5.41) is 0. The average Bonchev–Trinajstić information content (AvgIpc) is 2.88. The van der Waals surface area contributed by atoms with Gasteiger partial charge in [0.2, 0.25) is 0 Å². The Morgan fingerprint density at radius 2 is 1.00 bits per heavy atom. The quantitative estimate of drug-likeness (QED) is 0.0456. The Labute approximate surface area is 214 Å². The van der Waals surface area contributed by atoms with Crippen molar-refractivity contribution in [2.75, 3.05) is 14.2 Å². The highest BCUT2D eigenvalue weighted by Gasteiger charge is 2.26. The molecule has 0 atom stereocenters. The summed E-state index contributed by atoms with van der Waals surface area (Å²) in [6, 6.07) is 5.81. The number of aromatic nitrogens is 1. The van der Waals surface area contributed by atoms with Gasteiger partial charge < -0.3 is 9.47 Å². The number of hydrogen-bond donors (Lipinski definition) is 0. The summed E-state index contributed by atoms with van der Waals surface area (Å²) in [5.74, 6) is -1.25. The maximum absolute atomic E-state index is 12.3. The van der Waals surface area contributed by atoms with Crippen LogP contribution < -0.4 is 4.57 Å². The summed E-state index contributed by atoms with van der Waals surface area (Å²) in [6.07, 6.45) is 25.6. The van der Waals surface area contributed by atoms with E-state index in [9.17, 15) is 9.59 Å². The van der Waals surface area contributed by atoms with Crippen LogP contribution in [0.25, 0.3) is 0 Å². The largest absolute Gasteiger partial charge is 0.465 e. The van der Waals surface area contributed by atoms with E-state index in [1.165, 1.54) is 104 Å². The Balaban J connectivity index is 2.28. The normalized spacial score (nSPS) is 10.7. The van der Waals surface area contributed by atoms with Gasteiger partial charge in [-0.3, -0.25) is 0 Å². The molecule has 1 aromatic heterocycles. The van der Waals surface area contributed by atoms with Crippen LogP contribution in [0, 0.1) is 0 Å². The van der Waals surface area contributed by atoms with Gasteiger partial charge in [0.25, 0.3) is 0 Å². The summed E-state index contributed by atoms with van der Waals surface area (Å²) >= 11 is 0. The molecule has 0 spiro atoms. The number of unbranched alkanes of at least 4 members (excludes halogenated alkanes) is 15. The van der Waals surface area contributed by atoms with Crippen molar-refractivity contribution in [3.8, 4) is 0 Å². The highest BCUT2D eigenvalue weighted by molar-refractivity contribution is 6.14. The summed E-state index contributed by atoms with van der Waals surface area (Å²) < 4.78 is 11.7. The second-order valence-corrected chi connectivity index (χ2v) is 9.56. The van der Waals surface area contributed by atoms with Gasteiger partial charge in [-0.15, -0.1) is 0 Å². The van der Waals surface area contributed by atoms with Gasteiger partial charge in [-0.2, -0.15) is 0 Å². The van der Waals surface area contributed by atoms with Gasteiger partial charge in [-0.25, -0.2) is 14.2 Å². The molecule has 0 saturated carbocycles. The SMILES string of the molecule is CCCCCCCCCCCCCCCCCCC(C[n+]1ccccc1)=C(C(=O)OC)C(=O)OC. The molecule has 0 unspecified atom stereocenters. The number of allylic oxidation sites excluding steroid dienone is 1. The third kappa shape index (κ3) is 14.7. The predicted molar refractivity (Wildman–Crippen MR) is 142 cm³/mol. The Kier molecular flexibility index (Phi) is 18.6. The zero-order valence-corrected chi connectivity index (χ0v) is 22.7. The maximum Gasteiger partial charge on any atom is 0.345 e. The molecule has 0 bridgehead atoms. The van der Waals surface area contributed by atoms with E-state index in [1.807, 2.05) is 35.2 Å². The van der Waals surface area contributed by atoms with Gasteiger partial charge in [0.05, 0.1) is 14.2 Å². The highest BCUT2D eigenvalue weighted by Crippen LogP contribution is 2.19. The number of methoxy groups -OCH3 is 2. The minimum Gasteiger partial charge on any atom is -0.465 e. The first kappa shape index (κ1) is 30.9. The summed E-state index contributed by atoms with van der Waals surface area (Å²) in [4.78, 5) is 24.7. The van der Waals surface area contributed by atoms with Gasteiger partial charge in [0.1, 0.15) is 5.57 Å².